The van der Waals surface area contributed by atoms with Crippen LogP contribution in [0.3, 0.4) is 0 Å². The molecule has 7 heteroatoms. The van der Waals surface area contributed by atoms with E-state index in [9.17, 15) is 14.9 Å². The van der Waals surface area contributed by atoms with Crippen LogP contribution >= 0.6 is 0 Å². The molecule has 178 valence electrons. The molecule has 3 N–H and O–H groups in total. The monoisotopic (exact) mass is 467 g/mol. The Hall–Kier alpha value is -4.02. The Kier molecular flexibility index (Phi) is 6.94. The average molecular weight is 468 g/mol. The van der Waals surface area contributed by atoms with E-state index in [4.69, 9.17) is 0 Å². The van der Waals surface area contributed by atoms with Crippen molar-refractivity contribution in [1.29, 1.82) is 5.26 Å². The molecule has 35 heavy (non-hydrogen) atoms. The van der Waals surface area contributed by atoms with Gasteiger partial charge in [-0.3, -0.25) is 14.6 Å². The van der Waals surface area contributed by atoms with Gasteiger partial charge in [0.05, 0.1) is 23.4 Å². The molecule has 7 nitrogen and oxygen atoms in total. The van der Waals surface area contributed by atoms with Crippen molar-refractivity contribution in [1.82, 2.24) is 10.3 Å². The van der Waals surface area contributed by atoms with E-state index in [2.05, 4.69) is 27.0 Å². The zero-order valence-corrected chi connectivity index (χ0v) is 20.2. The number of benzene rings is 2. The summed E-state index contributed by atoms with van der Waals surface area (Å²) in [6, 6.07) is 16.7. The van der Waals surface area contributed by atoms with E-state index in [1.54, 1.807) is 42.6 Å². The first-order valence-electron chi connectivity index (χ1n) is 11.7. The van der Waals surface area contributed by atoms with Crippen LogP contribution < -0.4 is 16.0 Å². The zero-order chi connectivity index (χ0) is 25.0. The van der Waals surface area contributed by atoms with Gasteiger partial charge in [-0.25, -0.2) is 0 Å². The topological polar surface area (TPSA) is 107 Å². The first-order chi connectivity index (χ1) is 16.8. The van der Waals surface area contributed by atoms with Crippen molar-refractivity contribution in [3.05, 3.63) is 88.7 Å². The minimum Gasteiger partial charge on any atom is -0.322 e. The molecule has 1 aliphatic heterocycles. The summed E-state index contributed by atoms with van der Waals surface area (Å²) < 4.78 is 0. The molecule has 2 amide bonds. The fraction of sp³-hybridized carbons (Fsp3) is 0.286. The van der Waals surface area contributed by atoms with Gasteiger partial charge < -0.3 is 16.0 Å². The molecule has 0 bridgehead atoms. The van der Waals surface area contributed by atoms with E-state index in [-0.39, 0.29) is 17.9 Å². The van der Waals surface area contributed by atoms with Gasteiger partial charge in [0.2, 0.25) is 0 Å². The molecule has 2 aromatic carbocycles. The standard InChI is InChI=1S/C28H29N5O2/c1-18-9-10-22(32-26(34)19-6-4-7-21(12-19)28(2,3)17-29)14-24(18)27(35)33-23-13-20(15-30-16-23)25-8-5-11-31-25/h4,6-7,9-10,12-16,25,31H,5,8,11H2,1-3H3,(H,32,34)(H,33,35). The Morgan fingerprint density at radius 2 is 1.86 bits per heavy atom. The lowest BCUT2D eigenvalue weighted by Gasteiger charge is -2.17. The van der Waals surface area contributed by atoms with Crippen LogP contribution in [0.4, 0.5) is 11.4 Å². The number of carbonyl (C=O) groups excluding carboxylic acids is 2. The summed E-state index contributed by atoms with van der Waals surface area (Å²) in [5.41, 5.74) is 3.96. The molecule has 1 atom stereocenters. The van der Waals surface area contributed by atoms with E-state index in [1.165, 1.54) is 0 Å². The minimum atomic E-state index is -0.703. The summed E-state index contributed by atoms with van der Waals surface area (Å²) in [6.07, 6.45) is 5.63. The van der Waals surface area contributed by atoms with Crippen LogP contribution in [0.1, 0.15) is 70.1 Å². The number of nitriles is 1. The third kappa shape index (κ3) is 5.56. The van der Waals surface area contributed by atoms with Crippen molar-refractivity contribution >= 4 is 23.2 Å². The number of carbonyl (C=O) groups is 2. The Labute approximate surface area is 205 Å². The number of aromatic nitrogens is 1. The Morgan fingerprint density at radius 1 is 1.06 bits per heavy atom. The first kappa shape index (κ1) is 24.1. The number of nitrogens with one attached hydrogen (secondary N) is 3. The third-order valence-corrected chi connectivity index (χ3v) is 6.35. The molecule has 1 aliphatic rings. The first-order valence-corrected chi connectivity index (χ1v) is 11.7. The number of rotatable bonds is 6. The molecule has 0 aliphatic carbocycles. The van der Waals surface area contributed by atoms with Crippen LogP contribution in [-0.2, 0) is 5.41 Å². The Bertz CT molecular complexity index is 1300. The van der Waals surface area contributed by atoms with Gasteiger partial charge in [-0.2, -0.15) is 5.26 Å². The van der Waals surface area contributed by atoms with Gasteiger partial charge in [-0.15, -0.1) is 0 Å². The predicted molar refractivity (Wildman–Crippen MR) is 136 cm³/mol. The fourth-order valence-corrected chi connectivity index (χ4v) is 4.15. The summed E-state index contributed by atoms with van der Waals surface area (Å²) in [7, 11) is 0. The van der Waals surface area contributed by atoms with E-state index >= 15 is 0 Å². The van der Waals surface area contributed by atoms with Gasteiger partial charge in [-0.1, -0.05) is 18.2 Å². The predicted octanol–water partition coefficient (Wildman–Crippen LogP) is 5.12. The number of amides is 2. The van der Waals surface area contributed by atoms with Gasteiger partial charge >= 0.3 is 0 Å². The molecule has 2 heterocycles. The molecule has 0 saturated carbocycles. The van der Waals surface area contributed by atoms with Gasteiger partial charge in [0.15, 0.2) is 0 Å². The minimum absolute atomic E-state index is 0.261. The van der Waals surface area contributed by atoms with Crippen LogP contribution in [0.2, 0.25) is 0 Å². The molecule has 1 unspecified atom stereocenters. The van der Waals surface area contributed by atoms with Crippen LogP contribution in [-0.4, -0.2) is 23.3 Å². The van der Waals surface area contributed by atoms with Crippen molar-refractivity contribution in [2.75, 3.05) is 17.2 Å². The average Bonchev–Trinajstić information content (AvgIpc) is 3.40. The lowest BCUT2D eigenvalue weighted by atomic mass is 9.85. The maximum atomic E-state index is 13.1. The van der Waals surface area contributed by atoms with Crippen LogP contribution in [0.5, 0.6) is 0 Å². The molecule has 3 aromatic rings. The normalized spacial score (nSPS) is 15.3. The smallest absolute Gasteiger partial charge is 0.256 e. The van der Waals surface area contributed by atoms with Crippen LogP contribution in [0, 0.1) is 18.3 Å². The summed E-state index contributed by atoms with van der Waals surface area (Å²) in [5.74, 6) is -0.577. The van der Waals surface area contributed by atoms with E-state index in [0.29, 0.717) is 22.5 Å². The van der Waals surface area contributed by atoms with E-state index in [1.807, 2.05) is 39.1 Å². The van der Waals surface area contributed by atoms with Crippen LogP contribution in [0.25, 0.3) is 0 Å². The highest BCUT2D eigenvalue weighted by atomic mass is 16.2. The van der Waals surface area contributed by atoms with Gasteiger partial charge in [0, 0.05) is 29.1 Å². The molecule has 0 spiro atoms. The lowest BCUT2D eigenvalue weighted by Crippen LogP contribution is -2.18. The Morgan fingerprint density at radius 3 is 2.60 bits per heavy atom. The van der Waals surface area contributed by atoms with E-state index in [0.717, 1.165) is 36.1 Å². The SMILES string of the molecule is Cc1ccc(NC(=O)c2cccc(C(C)(C)C#N)c2)cc1C(=O)Nc1cncc(C2CCCN2)c1. The van der Waals surface area contributed by atoms with E-state index < -0.39 is 5.41 Å². The molecule has 1 saturated heterocycles. The fourth-order valence-electron chi connectivity index (χ4n) is 4.15. The highest BCUT2D eigenvalue weighted by Gasteiger charge is 2.21. The Balaban J connectivity index is 1.50. The third-order valence-electron chi connectivity index (χ3n) is 6.35. The number of pyridine rings is 1. The molecular formula is C28H29N5O2. The van der Waals surface area contributed by atoms with Gasteiger partial charge in [0.25, 0.3) is 11.8 Å². The second-order valence-electron chi connectivity index (χ2n) is 9.41. The highest BCUT2D eigenvalue weighted by Crippen LogP contribution is 2.26. The molecule has 4 rings (SSSR count). The second-order valence-corrected chi connectivity index (χ2v) is 9.41. The molecular weight excluding hydrogens is 438 g/mol. The summed E-state index contributed by atoms with van der Waals surface area (Å²) in [5, 5.41) is 18.6. The zero-order valence-electron chi connectivity index (χ0n) is 20.2. The summed E-state index contributed by atoms with van der Waals surface area (Å²) in [4.78, 5) is 30.2. The van der Waals surface area contributed by atoms with Gasteiger partial charge in [0.1, 0.15) is 0 Å². The molecule has 0 radical (unpaired) electrons. The number of hydrogen-bond donors (Lipinski definition) is 3. The summed E-state index contributed by atoms with van der Waals surface area (Å²) >= 11 is 0. The van der Waals surface area contributed by atoms with Crippen molar-refractivity contribution in [3.8, 4) is 6.07 Å². The highest BCUT2D eigenvalue weighted by molar-refractivity contribution is 6.08. The lowest BCUT2D eigenvalue weighted by molar-refractivity contribution is 0.101. The largest absolute Gasteiger partial charge is 0.322 e. The second kappa shape index (κ2) is 10.1. The van der Waals surface area contributed by atoms with Gasteiger partial charge in [-0.05, 0) is 87.2 Å². The molecule has 1 aromatic heterocycles. The number of hydrogen-bond acceptors (Lipinski definition) is 5. The van der Waals surface area contributed by atoms with Crippen molar-refractivity contribution in [2.45, 2.75) is 45.1 Å². The van der Waals surface area contributed by atoms with Crippen molar-refractivity contribution < 1.29 is 9.59 Å². The number of nitrogens with zero attached hydrogens (tertiary/aromatic N) is 2. The van der Waals surface area contributed by atoms with Crippen molar-refractivity contribution in [3.63, 3.8) is 0 Å². The number of aryl methyl sites for hydroxylation is 1. The van der Waals surface area contributed by atoms with Crippen LogP contribution in [0.15, 0.2) is 60.9 Å². The number of anilines is 2. The maximum absolute atomic E-state index is 13.1. The van der Waals surface area contributed by atoms with Crippen molar-refractivity contribution in [2.24, 2.45) is 0 Å². The quantitative estimate of drug-likeness (QED) is 0.466. The summed E-state index contributed by atoms with van der Waals surface area (Å²) in [6.45, 7) is 6.46. The molecule has 1 fully saturated rings. The maximum Gasteiger partial charge on any atom is 0.256 e.